The molecule has 2 N–H and O–H groups in total. The Labute approximate surface area is 95.0 Å². The number of rotatable bonds is 8. The first kappa shape index (κ1) is 14.9. The molecule has 0 rings (SSSR count). The van der Waals surface area contributed by atoms with Gasteiger partial charge >= 0.3 is 0 Å². The van der Waals surface area contributed by atoms with Crippen molar-refractivity contribution in [3.8, 4) is 0 Å². The summed E-state index contributed by atoms with van der Waals surface area (Å²) in [5.41, 5.74) is 5.81. The largest absolute Gasteiger partial charge is 0.380 e. The zero-order chi connectivity index (χ0) is 11.9. The fourth-order valence-corrected chi connectivity index (χ4v) is 1.37. The van der Waals surface area contributed by atoms with Crippen LogP contribution >= 0.6 is 0 Å². The fraction of sp³-hybridized carbons (Fsp3) is 1.00. The molecular formula is C12H28N2O. The minimum atomic E-state index is -0.0229. The van der Waals surface area contributed by atoms with Gasteiger partial charge in [-0.2, -0.15) is 0 Å². The van der Waals surface area contributed by atoms with E-state index in [2.05, 4.69) is 32.7 Å². The van der Waals surface area contributed by atoms with Crippen molar-refractivity contribution in [2.45, 2.75) is 39.7 Å². The molecule has 15 heavy (non-hydrogen) atoms. The van der Waals surface area contributed by atoms with Crippen molar-refractivity contribution in [2.24, 2.45) is 11.7 Å². The second-order valence-electron chi connectivity index (χ2n) is 4.94. The van der Waals surface area contributed by atoms with Crippen LogP contribution in [0.4, 0.5) is 0 Å². The van der Waals surface area contributed by atoms with Gasteiger partial charge in [-0.15, -0.1) is 0 Å². The normalized spacial score (nSPS) is 16.0. The van der Waals surface area contributed by atoms with E-state index in [1.54, 1.807) is 0 Å². The molecule has 0 aromatic rings. The van der Waals surface area contributed by atoms with Gasteiger partial charge < -0.3 is 10.5 Å². The highest BCUT2D eigenvalue weighted by Crippen LogP contribution is 2.14. The molecule has 0 amide bonds. The zero-order valence-electron chi connectivity index (χ0n) is 11.0. The van der Waals surface area contributed by atoms with Gasteiger partial charge in [0, 0.05) is 13.2 Å². The Hall–Kier alpha value is -0.120. The molecule has 0 bridgehead atoms. The van der Waals surface area contributed by atoms with Crippen molar-refractivity contribution in [2.75, 3.05) is 33.4 Å². The summed E-state index contributed by atoms with van der Waals surface area (Å²) in [4.78, 5) is 2.32. The average Bonchev–Trinajstić information content (AvgIpc) is 2.22. The van der Waals surface area contributed by atoms with Gasteiger partial charge in [-0.05, 0) is 39.8 Å². The van der Waals surface area contributed by atoms with E-state index in [9.17, 15) is 0 Å². The van der Waals surface area contributed by atoms with E-state index < -0.39 is 0 Å². The Bertz CT molecular complexity index is 162. The van der Waals surface area contributed by atoms with Crippen LogP contribution < -0.4 is 5.73 Å². The number of nitrogens with zero attached hydrogens (tertiary/aromatic N) is 1. The van der Waals surface area contributed by atoms with E-state index in [4.69, 9.17) is 10.5 Å². The minimum Gasteiger partial charge on any atom is -0.380 e. The highest BCUT2D eigenvalue weighted by atomic mass is 16.5. The van der Waals surface area contributed by atoms with Crippen LogP contribution in [0.2, 0.25) is 0 Å². The lowest BCUT2D eigenvalue weighted by Gasteiger charge is -2.38. The third kappa shape index (κ3) is 5.50. The highest BCUT2D eigenvalue weighted by molar-refractivity contribution is 4.85. The van der Waals surface area contributed by atoms with Gasteiger partial charge in [0.2, 0.25) is 0 Å². The molecule has 92 valence electrons. The lowest BCUT2D eigenvalue weighted by atomic mass is 10.0. The third-order valence-corrected chi connectivity index (χ3v) is 3.02. The number of nitrogens with two attached hydrogens (primary N) is 1. The molecule has 0 aliphatic heterocycles. The number of ether oxygens (including phenoxy) is 1. The second-order valence-corrected chi connectivity index (χ2v) is 4.94. The fourth-order valence-electron chi connectivity index (χ4n) is 1.37. The van der Waals surface area contributed by atoms with E-state index in [1.807, 2.05) is 6.92 Å². The standard InChI is InChI=1S/C12H28N2O/c1-6-15-10-12(4,9-13)14(5)8-7-11(2)3/h11H,6-10,13H2,1-5H3. The molecule has 1 unspecified atom stereocenters. The number of hydrogen-bond acceptors (Lipinski definition) is 3. The molecule has 1 atom stereocenters. The summed E-state index contributed by atoms with van der Waals surface area (Å²) in [6.45, 7) is 11.9. The molecule has 0 radical (unpaired) electrons. The molecule has 0 aliphatic carbocycles. The van der Waals surface area contributed by atoms with Crippen LogP contribution in [0, 0.1) is 5.92 Å². The maximum Gasteiger partial charge on any atom is 0.0659 e. The molecule has 0 heterocycles. The van der Waals surface area contributed by atoms with Gasteiger partial charge in [0.1, 0.15) is 0 Å². The predicted molar refractivity (Wildman–Crippen MR) is 66.0 cm³/mol. The van der Waals surface area contributed by atoms with Crippen molar-refractivity contribution in [1.29, 1.82) is 0 Å². The van der Waals surface area contributed by atoms with Crippen molar-refractivity contribution < 1.29 is 4.74 Å². The van der Waals surface area contributed by atoms with Crippen LogP contribution in [0.15, 0.2) is 0 Å². The Morgan fingerprint density at radius 3 is 2.40 bits per heavy atom. The Morgan fingerprint density at radius 2 is 2.00 bits per heavy atom. The first-order valence-corrected chi connectivity index (χ1v) is 5.95. The van der Waals surface area contributed by atoms with Gasteiger partial charge in [-0.3, -0.25) is 4.90 Å². The topological polar surface area (TPSA) is 38.5 Å². The van der Waals surface area contributed by atoms with Gasteiger partial charge in [-0.25, -0.2) is 0 Å². The molecule has 0 fully saturated rings. The molecule has 3 nitrogen and oxygen atoms in total. The number of likely N-dealkylation sites (N-methyl/N-ethyl adjacent to an activating group) is 1. The summed E-state index contributed by atoms with van der Waals surface area (Å²) in [5.74, 6) is 0.738. The molecule has 0 aliphatic rings. The second kappa shape index (κ2) is 7.20. The SMILES string of the molecule is CCOCC(C)(CN)N(C)CCC(C)C. The highest BCUT2D eigenvalue weighted by Gasteiger charge is 2.27. The molecule has 0 spiro atoms. The van der Waals surface area contributed by atoms with Crippen molar-refractivity contribution in [3.63, 3.8) is 0 Å². The third-order valence-electron chi connectivity index (χ3n) is 3.02. The van der Waals surface area contributed by atoms with Gasteiger partial charge in [0.25, 0.3) is 0 Å². The van der Waals surface area contributed by atoms with Crippen LogP contribution in [0.5, 0.6) is 0 Å². The minimum absolute atomic E-state index is 0.0229. The Morgan fingerprint density at radius 1 is 1.40 bits per heavy atom. The molecular weight excluding hydrogens is 188 g/mol. The molecule has 0 saturated heterocycles. The van der Waals surface area contributed by atoms with Gasteiger partial charge in [-0.1, -0.05) is 13.8 Å². The van der Waals surface area contributed by atoms with Crippen LogP contribution in [-0.2, 0) is 4.74 Å². The smallest absolute Gasteiger partial charge is 0.0659 e. The first-order chi connectivity index (χ1) is 6.96. The van der Waals surface area contributed by atoms with E-state index >= 15 is 0 Å². The summed E-state index contributed by atoms with van der Waals surface area (Å²) in [5, 5.41) is 0. The first-order valence-electron chi connectivity index (χ1n) is 5.95. The monoisotopic (exact) mass is 216 g/mol. The molecule has 3 heteroatoms. The summed E-state index contributed by atoms with van der Waals surface area (Å²) in [6.07, 6.45) is 1.21. The maximum atomic E-state index is 5.83. The van der Waals surface area contributed by atoms with Crippen LogP contribution in [0.1, 0.15) is 34.1 Å². The lowest BCUT2D eigenvalue weighted by molar-refractivity contribution is 0.0222. The summed E-state index contributed by atoms with van der Waals surface area (Å²) in [6, 6.07) is 0. The van der Waals surface area contributed by atoms with Gasteiger partial charge in [0.05, 0.1) is 12.1 Å². The maximum absolute atomic E-state index is 5.83. The summed E-state index contributed by atoms with van der Waals surface area (Å²) in [7, 11) is 2.13. The average molecular weight is 216 g/mol. The number of hydrogen-bond donors (Lipinski definition) is 1. The van der Waals surface area contributed by atoms with Crippen LogP contribution in [0.3, 0.4) is 0 Å². The van der Waals surface area contributed by atoms with Crippen molar-refractivity contribution in [1.82, 2.24) is 4.90 Å². The van der Waals surface area contributed by atoms with E-state index in [0.29, 0.717) is 13.2 Å². The van der Waals surface area contributed by atoms with Crippen LogP contribution in [0.25, 0.3) is 0 Å². The van der Waals surface area contributed by atoms with E-state index in [1.165, 1.54) is 6.42 Å². The van der Waals surface area contributed by atoms with E-state index in [0.717, 1.165) is 19.1 Å². The Balaban J connectivity index is 4.11. The summed E-state index contributed by atoms with van der Waals surface area (Å²) >= 11 is 0. The molecule has 0 aromatic heterocycles. The van der Waals surface area contributed by atoms with Crippen molar-refractivity contribution in [3.05, 3.63) is 0 Å². The lowest BCUT2D eigenvalue weighted by Crippen LogP contribution is -2.53. The molecule has 0 aromatic carbocycles. The van der Waals surface area contributed by atoms with Crippen LogP contribution in [-0.4, -0.2) is 43.8 Å². The molecule has 0 saturated carbocycles. The summed E-state index contributed by atoms with van der Waals surface area (Å²) < 4.78 is 5.50. The van der Waals surface area contributed by atoms with E-state index in [-0.39, 0.29) is 5.54 Å². The van der Waals surface area contributed by atoms with Gasteiger partial charge in [0.15, 0.2) is 0 Å². The predicted octanol–water partition coefficient (Wildman–Crippen LogP) is 1.72. The quantitative estimate of drug-likeness (QED) is 0.671. The zero-order valence-corrected chi connectivity index (χ0v) is 11.0. The van der Waals surface area contributed by atoms with Crippen molar-refractivity contribution >= 4 is 0 Å². The Kier molecular flexibility index (Phi) is 7.14.